The van der Waals surface area contributed by atoms with Crippen LogP contribution >= 0.6 is 0 Å². The van der Waals surface area contributed by atoms with Crippen molar-refractivity contribution in [1.29, 1.82) is 0 Å². The fraction of sp³-hybridized carbons (Fsp3) is 0.286. The summed E-state index contributed by atoms with van der Waals surface area (Å²) in [5, 5.41) is 3.69. The van der Waals surface area contributed by atoms with E-state index >= 15 is 0 Å². The number of sulfonamides is 1. The van der Waals surface area contributed by atoms with Gasteiger partial charge in [0.25, 0.3) is 10.0 Å². The molecule has 1 aliphatic carbocycles. The molecule has 34 heavy (non-hydrogen) atoms. The molecule has 5 rings (SSSR count). The molecule has 176 valence electrons. The number of aryl methyl sites for hydroxylation is 2. The number of hydrogen-bond donors (Lipinski definition) is 2. The molecular weight excluding hydrogens is 444 g/mol. The van der Waals surface area contributed by atoms with Gasteiger partial charge in [-0.05, 0) is 91.8 Å². The molecule has 2 N–H and O–H groups in total. The lowest BCUT2D eigenvalue weighted by Gasteiger charge is -2.37. The summed E-state index contributed by atoms with van der Waals surface area (Å²) in [5.74, 6) is 1.37. The van der Waals surface area contributed by atoms with Crippen molar-refractivity contribution in [3.05, 3.63) is 95.1 Å². The van der Waals surface area contributed by atoms with Crippen molar-refractivity contribution >= 4 is 21.4 Å². The van der Waals surface area contributed by atoms with Crippen molar-refractivity contribution < 1.29 is 13.2 Å². The van der Waals surface area contributed by atoms with Gasteiger partial charge in [-0.2, -0.15) is 0 Å². The van der Waals surface area contributed by atoms with Crippen LogP contribution in [0.2, 0.25) is 0 Å². The van der Waals surface area contributed by atoms with E-state index in [0.717, 1.165) is 34.5 Å². The lowest BCUT2D eigenvalue weighted by atomic mass is 9.77. The third kappa shape index (κ3) is 4.18. The molecule has 0 saturated heterocycles. The second-order valence-corrected chi connectivity index (χ2v) is 10.8. The van der Waals surface area contributed by atoms with Gasteiger partial charge in [0.1, 0.15) is 5.75 Å². The van der Waals surface area contributed by atoms with E-state index in [0.29, 0.717) is 18.2 Å². The smallest absolute Gasteiger partial charge is 0.261 e. The van der Waals surface area contributed by atoms with E-state index in [1.807, 2.05) is 63.2 Å². The summed E-state index contributed by atoms with van der Waals surface area (Å²) in [6, 6.07) is 19.6. The number of nitrogens with one attached hydrogen (secondary N) is 2. The van der Waals surface area contributed by atoms with Gasteiger partial charge in [-0.25, -0.2) is 8.42 Å². The minimum absolute atomic E-state index is 0.152. The maximum Gasteiger partial charge on any atom is 0.261 e. The van der Waals surface area contributed by atoms with Crippen molar-refractivity contribution in [3.63, 3.8) is 0 Å². The molecule has 0 saturated carbocycles. The van der Waals surface area contributed by atoms with E-state index in [1.54, 1.807) is 6.07 Å². The molecule has 1 aliphatic heterocycles. The summed E-state index contributed by atoms with van der Waals surface area (Å²) in [4.78, 5) is 0.285. The quantitative estimate of drug-likeness (QED) is 0.410. The maximum absolute atomic E-state index is 13.3. The first-order chi connectivity index (χ1) is 16.4. The first-order valence-electron chi connectivity index (χ1n) is 11.8. The minimum Gasteiger partial charge on any atom is -0.494 e. The van der Waals surface area contributed by atoms with Crippen LogP contribution < -0.4 is 14.8 Å². The average molecular weight is 475 g/mol. The van der Waals surface area contributed by atoms with Gasteiger partial charge in [0.15, 0.2) is 0 Å². The van der Waals surface area contributed by atoms with Crippen molar-refractivity contribution in [2.24, 2.45) is 5.92 Å². The van der Waals surface area contributed by atoms with Gasteiger partial charge in [0.2, 0.25) is 0 Å². The Morgan fingerprint density at radius 2 is 1.82 bits per heavy atom. The highest BCUT2D eigenvalue weighted by Gasteiger charge is 2.38. The summed E-state index contributed by atoms with van der Waals surface area (Å²) in [7, 11) is -3.71. The molecule has 0 fully saturated rings. The second-order valence-electron chi connectivity index (χ2n) is 9.15. The minimum atomic E-state index is -3.71. The zero-order valence-corrected chi connectivity index (χ0v) is 20.5. The number of rotatable bonds is 6. The van der Waals surface area contributed by atoms with Crippen LogP contribution in [0.3, 0.4) is 0 Å². The van der Waals surface area contributed by atoms with E-state index in [1.165, 1.54) is 5.56 Å². The molecule has 6 heteroatoms. The number of allylic oxidation sites excluding steroid dienone is 2. The van der Waals surface area contributed by atoms with Gasteiger partial charge < -0.3 is 10.1 Å². The molecule has 3 aromatic rings. The standard InChI is InChI=1S/C28H30N2O3S/c1-4-33-21-12-10-20(11-13-21)28-24-7-5-6-23(24)25-17-22(14-15-26(25)29-28)34(31,32)30-27-16-18(2)8-9-19(27)3/h5-6,8-17,23-24,28-30H,4,7H2,1-3H3/t23-,24+,28+/m0/s1. The van der Waals surface area contributed by atoms with E-state index in [9.17, 15) is 8.42 Å². The molecule has 0 amide bonds. The molecule has 0 bridgehead atoms. The Morgan fingerprint density at radius 1 is 1.03 bits per heavy atom. The van der Waals surface area contributed by atoms with Crippen molar-refractivity contribution in [2.75, 3.05) is 16.6 Å². The molecule has 0 unspecified atom stereocenters. The topological polar surface area (TPSA) is 67.4 Å². The van der Waals surface area contributed by atoms with Crippen LogP contribution in [0.4, 0.5) is 11.4 Å². The first kappa shape index (κ1) is 22.5. The van der Waals surface area contributed by atoms with Gasteiger partial charge in [0.05, 0.1) is 23.2 Å². The van der Waals surface area contributed by atoms with Crippen LogP contribution in [0, 0.1) is 19.8 Å². The first-order valence-corrected chi connectivity index (χ1v) is 13.2. The molecule has 3 aromatic carbocycles. The Labute approximate surface area is 201 Å². The Balaban J connectivity index is 1.46. The molecule has 0 aromatic heterocycles. The van der Waals surface area contributed by atoms with Crippen LogP contribution in [0.15, 0.2) is 77.7 Å². The number of ether oxygens (including phenoxy) is 1. The lowest BCUT2D eigenvalue weighted by Crippen LogP contribution is -2.29. The number of fused-ring (bicyclic) bond motifs is 3. The summed E-state index contributed by atoms with van der Waals surface area (Å²) >= 11 is 0. The fourth-order valence-corrected chi connectivity index (χ4v) is 6.21. The number of hydrogen-bond acceptors (Lipinski definition) is 4. The van der Waals surface area contributed by atoms with Crippen molar-refractivity contribution in [2.45, 2.75) is 44.0 Å². The Morgan fingerprint density at radius 3 is 2.59 bits per heavy atom. The van der Waals surface area contributed by atoms with Gasteiger partial charge in [0, 0.05) is 11.6 Å². The van der Waals surface area contributed by atoms with Gasteiger partial charge in [-0.1, -0.05) is 36.4 Å². The monoisotopic (exact) mass is 474 g/mol. The van der Waals surface area contributed by atoms with Crippen LogP contribution in [0.25, 0.3) is 0 Å². The van der Waals surface area contributed by atoms with E-state index in [-0.39, 0.29) is 16.9 Å². The van der Waals surface area contributed by atoms with Crippen molar-refractivity contribution in [1.82, 2.24) is 0 Å². The summed E-state index contributed by atoms with van der Waals surface area (Å²) in [6.45, 7) is 6.49. The molecule has 3 atom stereocenters. The van der Waals surface area contributed by atoms with E-state index < -0.39 is 10.0 Å². The zero-order valence-electron chi connectivity index (χ0n) is 19.7. The third-order valence-corrected chi connectivity index (χ3v) is 8.20. The van der Waals surface area contributed by atoms with Crippen LogP contribution in [0.1, 0.15) is 47.6 Å². The zero-order chi connectivity index (χ0) is 23.9. The fourth-order valence-electron chi connectivity index (χ4n) is 5.06. The molecule has 5 nitrogen and oxygen atoms in total. The molecular formula is C28H30N2O3S. The maximum atomic E-state index is 13.3. The Bertz CT molecular complexity index is 1350. The van der Waals surface area contributed by atoms with Crippen LogP contribution in [-0.4, -0.2) is 15.0 Å². The number of anilines is 2. The summed E-state index contributed by atoms with van der Waals surface area (Å²) in [5.41, 5.74) is 5.75. The Kier molecular flexibility index (Phi) is 5.86. The normalized spacial score (nSPS) is 20.9. The molecule has 0 radical (unpaired) electrons. The summed E-state index contributed by atoms with van der Waals surface area (Å²) < 4.78 is 34.9. The van der Waals surface area contributed by atoms with Crippen molar-refractivity contribution in [3.8, 4) is 5.75 Å². The highest BCUT2D eigenvalue weighted by molar-refractivity contribution is 7.92. The number of benzene rings is 3. The highest BCUT2D eigenvalue weighted by Crippen LogP contribution is 2.50. The van der Waals surface area contributed by atoms with Gasteiger partial charge in [-0.3, -0.25) is 4.72 Å². The van der Waals surface area contributed by atoms with Gasteiger partial charge in [-0.15, -0.1) is 0 Å². The SMILES string of the molecule is CCOc1ccc([C@H]2Nc3ccc(S(=O)(=O)Nc4cc(C)ccc4C)cc3[C@H]3C=CC[C@H]32)cc1. The van der Waals surface area contributed by atoms with Crippen LogP contribution in [0.5, 0.6) is 5.75 Å². The molecule has 1 heterocycles. The van der Waals surface area contributed by atoms with Crippen LogP contribution in [-0.2, 0) is 10.0 Å². The summed E-state index contributed by atoms with van der Waals surface area (Å²) in [6.07, 6.45) is 5.39. The molecule has 0 spiro atoms. The molecule has 2 aliphatic rings. The highest BCUT2D eigenvalue weighted by atomic mass is 32.2. The van der Waals surface area contributed by atoms with E-state index in [2.05, 4.69) is 34.3 Å². The van der Waals surface area contributed by atoms with E-state index in [4.69, 9.17) is 4.74 Å². The predicted molar refractivity (Wildman–Crippen MR) is 137 cm³/mol. The van der Waals surface area contributed by atoms with Gasteiger partial charge >= 0.3 is 0 Å². The average Bonchev–Trinajstić information content (AvgIpc) is 3.32. The Hall–Kier alpha value is -3.25. The lowest BCUT2D eigenvalue weighted by molar-refractivity contribution is 0.340. The third-order valence-electron chi connectivity index (χ3n) is 6.83. The largest absolute Gasteiger partial charge is 0.494 e. The second kappa shape index (κ2) is 8.84. The predicted octanol–water partition coefficient (Wildman–Crippen LogP) is 6.33.